The van der Waals surface area contributed by atoms with Gasteiger partial charge in [0.2, 0.25) is 0 Å². The van der Waals surface area contributed by atoms with Crippen molar-refractivity contribution in [1.29, 1.82) is 0 Å². The second-order valence-electron chi connectivity index (χ2n) is 2.53. The highest BCUT2D eigenvalue weighted by molar-refractivity contribution is 7.13. The molecule has 0 bridgehead atoms. The molecule has 0 radical (unpaired) electrons. The number of rotatable bonds is 1. The van der Waals surface area contributed by atoms with Crippen molar-refractivity contribution in [3.05, 3.63) is 16.7 Å². The smallest absolute Gasteiger partial charge is 0.180 e. The monoisotopic (exact) mass is 214 g/mol. The molecular formula is C7H7ClN4S. The number of aromatic nitrogens is 3. The van der Waals surface area contributed by atoms with Crippen LogP contribution in [0.1, 0.15) is 0 Å². The third-order valence-corrected chi connectivity index (χ3v) is 2.71. The highest BCUT2D eigenvalue weighted by Gasteiger charge is 2.09. The van der Waals surface area contributed by atoms with Gasteiger partial charge >= 0.3 is 0 Å². The first-order valence-corrected chi connectivity index (χ1v) is 4.83. The van der Waals surface area contributed by atoms with Crippen molar-refractivity contribution in [3.8, 4) is 11.5 Å². The molecule has 2 heterocycles. The first-order chi connectivity index (χ1) is 6.18. The molecule has 0 unspecified atom stereocenters. The maximum absolute atomic E-state index is 5.83. The normalized spacial score (nSPS) is 10.6. The van der Waals surface area contributed by atoms with Crippen molar-refractivity contribution in [2.24, 2.45) is 7.05 Å². The van der Waals surface area contributed by atoms with E-state index in [1.807, 2.05) is 12.4 Å². The molecular weight excluding hydrogens is 208 g/mol. The molecule has 6 heteroatoms. The van der Waals surface area contributed by atoms with Crippen LogP contribution in [-0.4, -0.2) is 14.5 Å². The van der Waals surface area contributed by atoms with Gasteiger partial charge in [-0.05, 0) is 0 Å². The van der Waals surface area contributed by atoms with Crippen molar-refractivity contribution in [2.45, 2.75) is 0 Å². The summed E-state index contributed by atoms with van der Waals surface area (Å²) in [7, 11) is 1.83. The number of nitrogens with two attached hydrogens (primary N) is 1. The minimum absolute atomic E-state index is 0.536. The highest BCUT2D eigenvalue weighted by atomic mass is 35.5. The predicted octanol–water partition coefficient (Wildman–Crippen LogP) is 1.78. The SMILES string of the molecule is Cn1c(Cl)cnc1-c1csc(N)n1. The van der Waals surface area contributed by atoms with Gasteiger partial charge in [0.15, 0.2) is 11.0 Å². The topological polar surface area (TPSA) is 56.7 Å². The molecule has 68 valence electrons. The molecule has 2 N–H and O–H groups in total. The molecule has 0 amide bonds. The molecule has 2 rings (SSSR count). The van der Waals surface area contributed by atoms with Crippen LogP contribution in [0.3, 0.4) is 0 Å². The van der Waals surface area contributed by atoms with Crippen LogP contribution in [-0.2, 0) is 7.05 Å². The molecule has 2 aromatic heterocycles. The van der Waals surface area contributed by atoms with E-state index in [1.165, 1.54) is 11.3 Å². The molecule has 0 aliphatic rings. The van der Waals surface area contributed by atoms with Gasteiger partial charge in [0.1, 0.15) is 10.8 Å². The molecule has 0 saturated heterocycles. The predicted molar refractivity (Wildman–Crippen MR) is 53.7 cm³/mol. The van der Waals surface area contributed by atoms with E-state index in [0.29, 0.717) is 10.3 Å². The Balaban J connectivity index is 2.52. The lowest BCUT2D eigenvalue weighted by Crippen LogP contribution is -1.93. The highest BCUT2D eigenvalue weighted by Crippen LogP contribution is 2.23. The van der Waals surface area contributed by atoms with Crippen LogP contribution in [0, 0.1) is 0 Å². The Morgan fingerprint density at radius 2 is 2.38 bits per heavy atom. The lowest BCUT2D eigenvalue weighted by molar-refractivity contribution is 0.921. The number of thiazole rings is 1. The fraction of sp³-hybridized carbons (Fsp3) is 0.143. The van der Waals surface area contributed by atoms with Gasteiger partial charge in [-0.1, -0.05) is 11.6 Å². The number of anilines is 1. The number of imidazole rings is 1. The molecule has 0 atom stereocenters. The van der Waals surface area contributed by atoms with Crippen molar-refractivity contribution in [1.82, 2.24) is 14.5 Å². The summed E-state index contributed by atoms with van der Waals surface area (Å²) in [6.45, 7) is 0. The third kappa shape index (κ3) is 1.40. The van der Waals surface area contributed by atoms with Gasteiger partial charge in [0, 0.05) is 12.4 Å². The third-order valence-electron chi connectivity index (χ3n) is 1.68. The van der Waals surface area contributed by atoms with Crippen molar-refractivity contribution < 1.29 is 0 Å². The fourth-order valence-electron chi connectivity index (χ4n) is 1.02. The van der Waals surface area contributed by atoms with Crippen LogP contribution in [0.2, 0.25) is 5.15 Å². The molecule has 0 saturated carbocycles. The molecule has 0 spiro atoms. The van der Waals surface area contributed by atoms with Gasteiger partial charge in [-0.25, -0.2) is 9.97 Å². The number of nitrogen functional groups attached to an aromatic ring is 1. The molecule has 2 aromatic rings. The quantitative estimate of drug-likeness (QED) is 0.787. The summed E-state index contributed by atoms with van der Waals surface area (Å²) >= 11 is 7.22. The zero-order chi connectivity index (χ0) is 9.42. The summed E-state index contributed by atoms with van der Waals surface area (Å²) in [6.07, 6.45) is 1.59. The summed E-state index contributed by atoms with van der Waals surface area (Å²) < 4.78 is 1.76. The first-order valence-electron chi connectivity index (χ1n) is 3.57. The Labute approximate surface area is 84.0 Å². The Morgan fingerprint density at radius 3 is 2.85 bits per heavy atom. The average Bonchev–Trinajstić information content (AvgIpc) is 2.62. The van der Waals surface area contributed by atoms with Crippen LogP contribution >= 0.6 is 22.9 Å². The second-order valence-corrected chi connectivity index (χ2v) is 3.81. The maximum atomic E-state index is 5.83. The van der Waals surface area contributed by atoms with E-state index in [-0.39, 0.29) is 0 Å². The summed E-state index contributed by atoms with van der Waals surface area (Å²) in [5.41, 5.74) is 6.27. The van der Waals surface area contributed by atoms with Crippen LogP contribution in [0.25, 0.3) is 11.5 Å². The second kappa shape index (κ2) is 3.01. The Kier molecular flexibility index (Phi) is 1.97. The first kappa shape index (κ1) is 8.52. The Bertz CT molecular complexity index is 433. The van der Waals surface area contributed by atoms with Crippen LogP contribution in [0.4, 0.5) is 5.13 Å². The van der Waals surface area contributed by atoms with E-state index in [1.54, 1.807) is 10.8 Å². The van der Waals surface area contributed by atoms with E-state index < -0.39 is 0 Å². The Morgan fingerprint density at radius 1 is 1.62 bits per heavy atom. The Hall–Kier alpha value is -1.07. The zero-order valence-corrected chi connectivity index (χ0v) is 8.43. The van der Waals surface area contributed by atoms with Crippen molar-refractivity contribution in [2.75, 3.05) is 5.73 Å². The molecule has 0 fully saturated rings. The van der Waals surface area contributed by atoms with E-state index in [0.717, 1.165) is 11.5 Å². The summed E-state index contributed by atoms with van der Waals surface area (Å²) in [6, 6.07) is 0. The number of halogens is 1. The van der Waals surface area contributed by atoms with Gasteiger partial charge in [-0.15, -0.1) is 11.3 Å². The van der Waals surface area contributed by atoms with Crippen molar-refractivity contribution >= 4 is 28.1 Å². The number of hydrogen-bond acceptors (Lipinski definition) is 4. The molecule has 0 aromatic carbocycles. The summed E-state index contributed by atoms with van der Waals surface area (Å²) in [5.74, 6) is 0.734. The minimum atomic E-state index is 0.536. The van der Waals surface area contributed by atoms with Crippen molar-refractivity contribution in [3.63, 3.8) is 0 Å². The van der Waals surface area contributed by atoms with Gasteiger partial charge in [-0.2, -0.15) is 0 Å². The van der Waals surface area contributed by atoms with Gasteiger partial charge in [0.25, 0.3) is 0 Å². The number of nitrogens with zero attached hydrogens (tertiary/aromatic N) is 3. The zero-order valence-electron chi connectivity index (χ0n) is 6.86. The van der Waals surface area contributed by atoms with Gasteiger partial charge in [-0.3, -0.25) is 0 Å². The summed E-state index contributed by atoms with van der Waals surface area (Å²) in [5, 5.41) is 2.98. The molecule has 13 heavy (non-hydrogen) atoms. The molecule has 0 aliphatic heterocycles. The van der Waals surface area contributed by atoms with E-state index in [9.17, 15) is 0 Å². The van der Waals surface area contributed by atoms with Crippen LogP contribution in [0.5, 0.6) is 0 Å². The van der Waals surface area contributed by atoms with E-state index in [2.05, 4.69) is 9.97 Å². The van der Waals surface area contributed by atoms with Crippen LogP contribution < -0.4 is 5.73 Å². The maximum Gasteiger partial charge on any atom is 0.180 e. The van der Waals surface area contributed by atoms with E-state index in [4.69, 9.17) is 17.3 Å². The lowest BCUT2D eigenvalue weighted by Gasteiger charge is -1.97. The van der Waals surface area contributed by atoms with Crippen LogP contribution in [0.15, 0.2) is 11.6 Å². The summed E-state index contributed by atoms with van der Waals surface area (Å²) in [4.78, 5) is 8.23. The van der Waals surface area contributed by atoms with E-state index >= 15 is 0 Å². The average molecular weight is 215 g/mol. The fourth-order valence-corrected chi connectivity index (χ4v) is 1.69. The molecule has 0 aliphatic carbocycles. The van der Waals surface area contributed by atoms with Gasteiger partial charge in [0.05, 0.1) is 6.20 Å². The standard InChI is InChI=1S/C7H7ClN4S/c1-12-5(8)2-10-6(12)4-3-13-7(9)11-4/h2-3H,1H3,(H2,9,11). The lowest BCUT2D eigenvalue weighted by atomic mass is 10.5. The minimum Gasteiger partial charge on any atom is -0.375 e. The van der Waals surface area contributed by atoms with Gasteiger partial charge < -0.3 is 10.3 Å². The largest absolute Gasteiger partial charge is 0.375 e. The number of hydrogen-bond donors (Lipinski definition) is 1. The molecule has 4 nitrogen and oxygen atoms in total.